The third-order valence-electron chi connectivity index (χ3n) is 2.96. The van der Waals surface area contributed by atoms with Gasteiger partial charge in [0.1, 0.15) is 5.75 Å². The highest BCUT2D eigenvalue weighted by Crippen LogP contribution is 2.22. The average Bonchev–Trinajstić information content (AvgIpc) is 2.39. The molecule has 94 valence electrons. The van der Waals surface area contributed by atoms with Gasteiger partial charge in [-0.15, -0.1) is 0 Å². The third kappa shape index (κ3) is 2.74. The number of ether oxygens (including phenoxy) is 1. The summed E-state index contributed by atoms with van der Waals surface area (Å²) in [5.74, 6) is 0.872. The Morgan fingerprint density at radius 1 is 1.17 bits per heavy atom. The Hall–Kier alpha value is -2.16. The molecule has 3 heteroatoms. The fourth-order valence-electron chi connectivity index (χ4n) is 1.85. The van der Waals surface area contributed by atoms with E-state index in [2.05, 4.69) is 12.2 Å². The minimum absolute atomic E-state index is 0.722. The Morgan fingerprint density at radius 2 is 1.94 bits per heavy atom. The summed E-state index contributed by atoms with van der Waals surface area (Å²) in [6.07, 6.45) is 0. The van der Waals surface area contributed by atoms with Gasteiger partial charge >= 0.3 is 0 Å². The summed E-state index contributed by atoms with van der Waals surface area (Å²) in [5.41, 5.74) is 10.1. The van der Waals surface area contributed by atoms with E-state index in [9.17, 15) is 0 Å². The van der Waals surface area contributed by atoms with Crippen molar-refractivity contribution < 1.29 is 4.74 Å². The molecule has 0 heterocycles. The number of rotatable bonds is 4. The molecule has 18 heavy (non-hydrogen) atoms. The number of nitrogens with one attached hydrogen (secondary N) is 1. The van der Waals surface area contributed by atoms with E-state index in [4.69, 9.17) is 10.5 Å². The van der Waals surface area contributed by atoms with Crippen LogP contribution in [0.5, 0.6) is 5.75 Å². The molecule has 0 amide bonds. The van der Waals surface area contributed by atoms with Crippen LogP contribution in [0.15, 0.2) is 42.5 Å². The van der Waals surface area contributed by atoms with Crippen molar-refractivity contribution in [2.75, 3.05) is 18.2 Å². The van der Waals surface area contributed by atoms with Gasteiger partial charge in [-0.05, 0) is 42.3 Å². The van der Waals surface area contributed by atoms with E-state index in [-0.39, 0.29) is 0 Å². The molecular formula is C15H18N2O. The summed E-state index contributed by atoms with van der Waals surface area (Å²) in [4.78, 5) is 0. The first-order valence-corrected chi connectivity index (χ1v) is 5.92. The monoisotopic (exact) mass is 242 g/mol. The van der Waals surface area contributed by atoms with Gasteiger partial charge in [-0.1, -0.05) is 18.2 Å². The topological polar surface area (TPSA) is 47.3 Å². The van der Waals surface area contributed by atoms with Crippen LogP contribution >= 0.6 is 0 Å². The highest BCUT2D eigenvalue weighted by molar-refractivity contribution is 5.55. The lowest BCUT2D eigenvalue weighted by atomic mass is 10.1. The molecule has 0 aromatic heterocycles. The van der Waals surface area contributed by atoms with Crippen molar-refractivity contribution in [1.29, 1.82) is 0 Å². The van der Waals surface area contributed by atoms with E-state index in [0.29, 0.717) is 0 Å². The maximum absolute atomic E-state index is 5.91. The predicted molar refractivity (Wildman–Crippen MR) is 75.9 cm³/mol. The summed E-state index contributed by atoms with van der Waals surface area (Å²) in [6.45, 7) is 2.78. The Kier molecular flexibility index (Phi) is 3.72. The first-order chi connectivity index (χ1) is 8.70. The van der Waals surface area contributed by atoms with E-state index in [1.54, 1.807) is 7.11 Å². The number of benzene rings is 2. The van der Waals surface area contributed by atoms with Gasteiger partial charge in [0.15, 0.2) is 0 Å². The molecule has 0 saturated carbocycles. The second kappa shape index (κ2) is 5.45. The van der Waals surface area contributed by atoms with Crippen molar-refractivity contribution in [3.05, 3.63) is 53.6 Å². The van der Waals surface area contributed by atoms with E-state index < -0.39 is 0 Å². The van der Waals surface area contributed by atoms with Crippen LogP contribution in [0, 0.1) is 6.92 Å². The van der Waals surface area contributed by atoms with Crippen LogP contribution in [0.1, 0.15) is 11.1 Å². The number of aryl methyl sites for hydroxylation is 1. The standard InChI is InChI=1S/C15H18N2O/c1-11-9-13(18-2)7-8-15(11)17-10-12-5-3-4-6-14(12)16/h3-9,17H,10,16H2,1-2H3. The molecule has 0 aliphatic rings. The average molecular weight is 242 g/mol. The van der Waals surface area contributed by atoms with Crippen molar-refractivity contribution in [1.82, 2.24) is 0 Å². The zero-order valence-corrected chi connectivity index (χ0v) is 10.7. The van der Waals surface area contributed by atoms with Gasteiger partial charge < -0.3 is 15.8 Å². The van der Waals surface area contributed by atoms with Gasteiger partial charge in [0.25, 0.3) is 0 Å². The third-order valence-corrected chi connectivity index (χ3v) is 2.96. The van der Waals surface area contributed by atoms with E-state index >= 15 is 0 Å². The molecule has 0 unspecified atom stereocenters. The number of anilines is 2. The normalized spacial score (nSPS) is 10.1. The van der Waals surface area contributed by atoms with Gasteiger partial charge in [0.2, 0.25) is 0 Å². The molecule has 2 aromatic carbocycles. The number of hydrogen-bond acceptors (Lipinski definition) is 3. The summed E-state index contributed by atoms with van der Waals surface area (Å²) >= 11 is 0. The Bertz CT molecular complexity index is 538. The van der Waals surface area contributed by atoms with Crippen molar-refractivity contribution in [2.45, 2.75) is 13.5 Å². The molecule has 0 atom stereocenters. The zero-order valence-electron chi connectivity index (χ0n) is 10.7. The quantitative estimate of drug-likeness (QED) is 0.809. The molecule has 0 fully saturated rings. The predicted octanol–water partition coefficient (Wildman–Crippen LogP) is 3.20. The highest BCUT2D eigenvalue weighted by Gasteiger charge is 2.01. The molecule has 0 bridgehead atoms. The fraction of sp³-hybridized carbons (Fsp3) is 0.200. The second-order valence-electron chi connectivity index (χ2n) is 4.23. The maximum Gasteiger partial charge on any atom is 0.119 e. The lowest BCUT2D eigenvalue weighted by Crippen LogP contribution is -2.03. The molecule has 2 aromatic rings. The first kappa shape index (κ1) is 12.3. The van der Waals surface area contributed by atoms with Crippen LogP contribution in [0.3, 0.4) is 0 Å². The van der Waals surface area contributed by atoms with Crippen molar-refractivity contribution in [3.63, 3.8) is 0 Å². The van der Waals surface area contributed by atoms with Gasteiger partial charge in [-0.3, -0.25) is 0 Å². The van der Waals surface area contributed by atoms with E-state index in [0.717, 1.165) is 34.8 Å². The largest absolute Gasteiger partial charge is 0.497 e. The molecule has 3 N–H and O–H groups in total. The van der Waals surface area contributed by atoms with Crippen LogP contribution in [-0.2, 0) is 6.54 Å². The molecule has 0 spiro atoms. The van der Waals surface area contributed by atoms with Gasteiger partial charge in [-0.25, -0.2) is 0 Å². The fourth-order valence-corrected chi connectivity index (χ4v) is 1.85. The van der Waals surface area contributed by atoms with Gasteiger partial charge in [0.05, 0.1) is 7.11 Å². The molecule has 3 nitrogen and oxygen atoms in total. The Morgan fingerprint density at radius 3 is 2.61 bits per heavy atom. The van der Waals surface area contributed by atoms with Crippen molar-refractivity contribution in [2.24, 2.45) is 0 Å². The van der Waals surface area contributed by atoms with Gasteiger partial charge in [0, 0.05) is 17.9 Å². The van der Waals surface area contributed by atoms with E-state index in [1.165, 1.54) is 0 Å². The summed E-state index contributed by atoms with van der Waals surface area (Å²) in [6, 6.07) is 13.9. The number of nitrogens with two attached hydrogens (primary N) is 1. The van der Waals surface area contributed by atoms with Crippen molar-refractivity contribution >= 4 is 11.4 Å². The number of para-hydroxylation sites is 1. The molecular weight excluding hydrogens is 224 g/mol. The number of methoxy groups -OCH3 is 1. The summed E-state index contributed by atoms with van der Waals surface area (Å²) in [7, 11) is 1.67. The minimum Gasteiger partial charge on any atom is -0.497 e. The van der Waals surface area contributed by atoms with Crippen LogP contribution < -0.4 is 15.8 Å². The highest BCUT2D eigenvalue weighted by atomic mass is 16.5. The SMILES string of the molecule is COc1ccc(NCc2ccccc2N)c(C)c1. The van der Waals surface area contributed by atoms with E-state index in [1.807, 2.05) is 42.5 Å². The van der Waals surface area contributed by atoms with Gasteiger partial charge in [-0.2, -0.15) is 0 Å². The zero-order chi connectivity index (χ0) is 13.0. The van der Waals surface area contributed by atoms with Crippen LogP contribution in [0.4, 0.5) is 11.4 Å². The lowest BCUT2D eigenvalue weighted by molar-refractivity contribution is 0.414. The first-order valence-electron chi connectivity index (χ1n) is 5.92. The molecule has 2 rings (SSSR count). The van der Waals surface area contributed by atoms with Crippen LogP contribution in [-0.4, -0.2) is 7.11 Å². The maximum atomic E-state index is 5.91. The minimum atomic E-state index is 0.722. The molecule has 0 saturated heterocycles. The van der Waals surface area contributed by atoms with Crippen LogP contribution in [0.25, 0.3) is 0 Å². The van der Waals surface area contributed by atoms with Crippen molar-refractivity contribution in [3.8, 4) is 5.75 Å². The number of nitrogen functional groups attached to an aromatic ring is 1. The Labute approximate surface area is 108 Å². The summed E-state index contributed by atoms with van der Waals surface area (Å²) < 4.78 is 5.18. The Balaban J connectivity index is 2.09. The molecule has 0 radical (unpaired) electrons. The summed E-state index contributed by atoms with van der Waals surface area (Å²) in [5, 5.41) is 3.39. The smallest absolute Gasteiger partial charge is 0.119 e. The lowest BCUT2D eigenvalue weighted by Gasteiger charge is -2.12. The van der Waals surface area contributed by atoms with Crippen LogP contribution in [0.2, 0.25) is 0 Å². The number of hydrogen-bond donors (Lipinski definition) is 2. The molecule has 0 aliphatic carbocycles. The molecule has 0 aliphatic heterocycles. The second-order valence-corrected chi connectivity index (χ2v) is 4.23.